The van der Waals surface area contributed by atoms with Crippen LogP contribution in [0.4, 0.5) is 0 Å². The molecule has 1 saturated carbocycles. The minimum atomic E-state index is 0.188. The van der Waals surface area contributed by atoms with Gasteiger partial charge in [0.2, 0.25) is 0 Å². The Morgan fingerprint density at radius 3 is 3.00 bits per heavy atom. The number of hydrogen-bond acceptors (Lipinski definition) is 5. The molecule has 23 heavy (non-hydrogen) atoms. The maximum absolute atomic E-state index is 6.00. The molecule has 2 aromatic rings. The average molecular weight is 316 g/mol. The molecule has 4 rings (SSSR count). The van der Waals surface area contributed by atoms with Crippen LogP contribution >= 0.6 is 0 Å². The fourth-order valence-electron chi connectivity index (χ4n) is 3.32. The van der Waals surface area contributed by atoms with Crippen LogP contribution in [0.15, 0.2) is 23.0 Å². The van der Waals surface area contributed by atoms with Crippen molar-refractivity contribution in [3.05, 3.63) is 35.5 Å². The Bertz CT molecular complexity index is 633. The molecule has 1 aliphatic heterocycles. The Morgan fingerprint density at radius 1 is 1.35 bits per heavy atom. The molecule has 2 aliphatic rings. The average Bonchev–Trinajstić information content (AvgIpc) is 3.08. The molecule has 1 atom stereocenters. The van der Waals surface area contributed by atoms with Crippen molar-refractivity contribution in [2.45, 2.75) is 45.3 Å². The summed E-state index contributed by atoms with van der Waals surface area (Å²) in [6.45, 7) is 6.44. The second kappa shape index (κ2) is 6.45. The van der Waals surface area contributed by atoms with E-state index in [1.54, 1.807) is 6.26 Å². The largest absolute Gasteiger partial charge is 0.472 e. The Hall–Kier alpha value is -1.66. The van der Waals surface area contributed by atoms with Crippen molar-refractivity contribution in [2.24, 2.45) is 5.92 Å². The van der Waals surface area contributed by atoms with E-state index in [0.717, 1.165) is 44.3 Å². The molecule has 0 bridgehead atoms. The predicted molar refractivity (Wildman–Crippen MR) is 84.8 cm³/mol. The Morgan fingerprint density at radius 2 is 2.26 bits per heavy atom. The molecule has 124 valence electrons. The fraction of sp³-hybridized carbons (Fsp3) is 0.647. The number of rotatable bonds is 7. The lowest BCUT2D eigenvalue weighted by molar-refractivity contribution is 0.0424. The molecule has 0 N–H and O–H groups in total. The summed E-state index contributed by atoms with van der Waals surface area (Å²) in [5, 5.41) is 8.79. The summed E-state index contributed by atoms with van der Waals surface area (Å²) in [6.07, 6.45) is 7.19. The summed E-state index contributed by atoms with van der Waals surface area (Å²) in [6, 6.07) is 2.22. The van der Waals surface area contributed by atoms with E-state index < -0.39 is 0 Å². The third kappa shape index (κ3) is 3.19. The minimum absolute atomic E-state index is 0.188. The highest BCUT2D eigenvalue weighted by atomic mass is 16.5. The van der Waals surface area contributed by atoms with Crippen molar-refractivity contribution in [3.8, 4) is 0 Å². The number of fused-ring (bicyclic) bond motifs is 1. The highest BCUT2D eigenvalue weighted by Crippen LogP contribution is 2.32. The highest BCUT2D eigenvalue weighted by molar-refractivity contribution is 5.20. The molecule has 1 fully saturated rings. The van der Waals surface area contributed by atoms with Gasteiger partial charge in [0.15, 0.2) is 0 Å². The van der Waals surface area contributed by atoms with Crippen molar-refractivity contribution in [1.29, 1.82) is 0 Å². The van der Waals surface area contributed by atoms with Gasteiger partial charge in [-0.2, -0.15) is 0 Å². The summed E-state index contributed by atoms with van der Waals surface area (Å²) >= 11 is 0. The standard InChI is InChI=1S/C17H24N4O2/c1-2-21-15-5-7-20(9-14-6-8-22-11-14)16(17(15)18-19-21)12-23-10-13-3-4-13/h6,8,11,13,16H,2-5,7,9-10,12H2,1H3. The Kier molecular flexibility index (Phi) is 4.18. The first-order chi connectivity index (χ1) is 11.3. The van der Waals surface area contributed by atoms with E-state index in [1.807, 2.05) is 17.0 Å². The predicted octanol–water partition coefficient (Wildman–Crippen LogP) is 2.42. The summed E-state index contributed by atoms with van der Waals surface area (Å²) in [5.41, 5.74) is 3.57. The van der Waals surface area contributed by atoms with Gasteiger partial charge in [0.1, 0.15) is 5.69 Å². The van der Waals surface area contributed by atoms with Crippen molar-refractivity contribution in [2.75, 3.05) is 19.8 Å². The van der Waals surface area contributed by atoms with Gasteiger partial charge in [-0.3, -0.25) is 4.90 Å². The lowest BCUT2D eigenvalue weighted by Crippen LogP contribution is -2.38. The van der Waals surface area contributed by atoms with Crippen LogP contribution in [0.1, 0.15) is 42.8 Å². The van der Waals surface area contributed by atoms with Gasteiger partial charge in [-0.15, -0.1) is 5.10 Å². The monoisotopic (exact) mass is 316 g/mol. The van der Waals surface area contributed by atoms with Crippen LogP contribution in [-0.4, -0.2) is 39.7 Å². The van der Waals surface area contributed by atoms with Gasteiger partial charge in [-0.25, -0.2) is 4.68 Å². The summed E-state index contributed by atoms with van der Waals surface area (Å²) in [5.74, 6) is 0.784. The first-order valence-corrected chi connectivity index (χ1v) is 8.60. The SMILES string of the molecule is CCn1nnc2c1CCN(Cc1ccoc1)C2COCC1CC1. The number of hydrogen-bond donors (Lipinski definition) is 0. The third-order valence-corrected chi connectivity index (χ3v) is 4.85. The lowest BCUT2D eigenvalue weighted by atomic mass is 10.0. The first-order valence-electron chi connectivity index (χ1n) is 8.60. The number of ether oxygens (including phenoxy) is 1. The molecule has 3 heterocycles. The third-order valence-electron chi connectivity index (χ3n) is 4.85. The van der Waals surface area contributed by atoms with Crippen LogP contribution in [0.2, 0.25) is 0 Å². The van der Waals surface area contributed by atoms with E-state index in [2.05, 4.69) is 22.1 Å². The van der Waals surface area contributed by atoms with Gasteiger partial charge >= 0.3 is 0 Å². The van der Waals surface area contributed by atoms with Gasteiger partial charge in [-0.1, -0.05) is 5.21 Å². The molecule has 0 amide bonds. The zero-order valence-electron chi connectivity index (χ0n) is 13.6. The molecule has 6 nitrogen and oxygen atoms in total. The fourth-order valence-corrected chi connectivity index (χ4v) is 3.32. The van der Waals surface area contributed by atoms with Gasteiger partial charge in [0, 0.05) is 38.2 Å². The van der Waals surface area contributed by atoms with Crippen LogP contribution in [-0.2, 0) is 24.2 Å². The number of aromatic nitrogens is 3. The van der Waals surface area contributed by atoms with Gasteiger partial charge in [-0.05, 0) is 31.7 Å². The van der Waals surface area contributed by atoms with Crippen molar-refractivity contribution in [3.63, 3.8) is 0 Å². The van der Waals surface area contributed by atoms with E-state index in [0.29, 0.717) is 6.61 Å². The molecular weight excluding hydrogens is 292 g/mol. The molecule has 0 radical (unpaired) electrons. The minimum Gasteiger partial charge on any atom is -0.472 e. The van der Waals surface area contributed by atoms with Gasteiger partial charge in [0.25, 0.3) is 0 Å². The topological polar surface area (TPSA) is 56.3 Å². The van der Waals surface area contributed by atoms with E-state index >= 15 is 0 Å². The van der Waals surface area contributed by atoms with Crippen molar-refractivity contribution >= 4 is 0 Å². The summed E-state index contributed by atoms with van der Waals surface area (Å²) < 4.78 is 13.2. The van der Waals surface area contributed by atoms with Crippen LogP contribution < -0.4 is 0 Å². The Labute approximate surface area is 136 Å². The van der Waals surface area contributed by atoms with Crippen LogP contribution in [0.3, 0.4) is 0 Å². The Balaban J connectivity index is 1.52. The molecule has 0 aromatic carbocycles. The highest BCUT2D eigenvalue weighted by Gasteiger charge is 2.33. The molecule has 1 aliphatic carbocycles. The van der Waals surface area contributed by atoms with Gasteiger partial charge in [0.05, 0.1) is 30.9 Å². The summed E-state index contributed by atoms with van der Waals surface area (Å²) in [7, 11) is 0. The van der Waals surface area contributed by atoms with E-state index in [4.69, 9.17) is 9.15 Å². The van der Waals surface area contributed by atoms with E-state index in [9.17, 15) is 0 Å². The molecule has 6 heteroatoms. The zero-order chi connectivity index (χ0) is 15.6. The smallest absolute Gasteiger partial charge is 0.105 e. The van der Waals surface area contributed by atoms with Crippen LogP contribution in [0.5, 0.6) is 0 Å². The quantitative estimate of drug-likeness (QED) is 0.785. The molecule has 1 unspecified atom stereocenters. The second-order valence-electron chi connectivity index (χ2n) is 6.59. The maximum Gasteiger partial charge on any atom is 0.105 e. The first kappa shape index (κ1) is 14.9. The maximum atomic E-state index is 6.00. The molecule has 0 saturated heterocycles. The number of aryl methyl sites for hydroxylation is 1. The second-order valence-corrected chi connectivity index (χ2v) is 6.59. The number of nitrogens with zero attached hydrogens (tertiary/aromatic N) is 4. The van der Waals surface area contributed by atoms with E-state index in [-0.39, 0.29) is 6.04 Å². The molecular formula is C17H24N4O2. The van der Waals surface area contributed by atoms with Gasteiger partial charge < -0.3 is 9.15 Å². The van der Waals surface area contributed by atoms with Crippen LogP contribution in [0.25, 0.3) is 0 Å². The molecule has 2 aromatic heterocycles. The zero-order valence-corrected chi connectivity index (χ0v) is 13.6. The van der Waals surface area contributed by atoms with E-state index in [1.165, 1.54) is 24.1 Å². The van der Waals surface area contributed by atoms with Crippen molar-refractivity contribution < 1.29 is 9.15 Å². The number of furan rings is 1. The van der Waals surface area contributed by atoms with Crippen LogP contribution in [0, 0.1) is 5.92 Å². The van der Waals surface area contributed by atoms with Crippen molar-refractivity contribution in [1.82, 2.24) is 19.9 Å². The summed E-state index contributed by atoms with van der Waals surface area (Å²) in [4.78, 5) is 2.44. The molecule has 0 spiro atoms. The normalized spacial score (nSPS) is 21.5. The lowest BCUT2D eigenvalue weighted by Gasteiger charge is -2.34.